The SMILES string of the molecule is CC[C@H](C)NC(=O)N1CCC(c2nnc(C(=O)Nc3ccc(C)cc3)s2)CC1. The number of nitrogens with zero attached hydrogens (tertiary/aromatic N) is 3. The summed E-state index contributed by atoms with van der Waals surface area (Å²) < 4.78 is 0. The van der Waals surface area contributed by atoms with Gasteiger partial charge in [-0.15, -0.1) is 10.2 Å². The molecule has 2 heterocycles. The molecule has 1 atom stereocenters. The van der Waals surface area contributed by atoms with E-state index in [1.165, 1.54) is 11.3 Å². The van der Waals surface area contributed by atoms with E-state index >= 15 is 0 Å². The average molecular weight is 402 g/mol. The number of hydrogen-bond acceptors (Lipinski definition) is 5. The van der Waals surface area contributed by atoms with Crippen molar-refractivity contribution in [2.75, 3.05) is 18.4 Å². The molecule has 1 aliphatic rings. The van der Waals surface area contributed by atoms with E-state index in [0.29, 0.717) is 18.1 Å². The summed E-state index contributed by atoms with van der Waals surface area (Å²) in [4.78, 5) is 26.5. The smallest absolute Gasteiger partial charge is 0.317 e. The van der Waals surface area contributed by atoms with Gasteiger partial charge in [0.2, 0.25) is 5.01 Å². The van der Waals surface area contributed by atoms with Gasteiger partial charge in [0, 0.05) is 30.7 Å². The Morgan fingerprint density at radius 3 is 2.54 bits per heavy atom. The molecule has 0 aliphatic carbocycles. The van der Waals surface area contributed by atoms with Crippen LogP contribution < -0.4 is 10.6 Å². The number of hydrogen-bond donors (Lipinski definition) is 2. The highest BCUT2D eigenvalue weighted by atomic mass is 32.1. The highest BCUT2D eigenvalue weighted by Crippen LogP contribution is 2.30. The molecule has 2 N–H and O–H groups in total. The Morgan fingerprint density at radius 2 is 1.89 bits per heavy atom. The molecular weight excluding hydrogens is 374 g/mol. The number of piperidine rings is 1. The molecule has 3 amide bonds. The summed E-state index contributed by atoms with van der Waals surface area (Å²) in [6.07, 6.45) is 2.59. The zero-order chi connectivity index (χ0) is 20.1. The molecule has 0 unspecified atom stereocenters. The summed E-state index contributed by atoms with van der Waals surface area (Å²) in [5, 5.41) is 15.4. The second-order valence-electron chi connectivity index (χ2n) is 7.29. The van der Waals surface area contributed by atoms with E-state index in [2.05, 4.69) is 27.8 Å². The molecule has 3 rings (SSSR count). The lowest BCUT2D eigenvalue weighted by molar-refractivity contribution is 0.102. The lowest BCUT2D eigenvalue weighted by Crippen LogP contribution is -2.46. The van der Waals surface area contributed by atoms with Gasteiger partial charge in [0.15, 0.2) is 0 Å². The number of amides is 3. The number of urea groups is 1. The van der Waals surface area contributed by atoms with Crippen molar-refractivity contribution in [2.24, 2.45) is 0 Å². The topological polar surface area (TPSA) is 87.2 Å². The zero-order valence-corrected chi connectivity index (χ0v) is 17.4. The van der Waals surface area contributed by atoms with E-state index in [1.54, 1.807) is 0 Å². The fourth-order valence-electron chi connectivity index (χ4n) is 3.05. The lowest BCUT2D eigenvalue weighted by Gasteiger charge is -2.31. The molecule has 0 saturated carbocycles. The van der Waals surface area contributed by atoms with Crippen LogP contribution in [0.25, 0.3) is 0 Å². The first kappa shape index (κ1) is 20.3. The summed E-state index contributed by atoms with van der Waals surface area (Å²) in [7, 11) is 0. The third-order valence-electron chi connectivity index (χ3n) is 5.06. The van der Waals surface area contributed by atoms with Gasteiger partial charge < -0.3 is 15.5 Å². The normalized spacial score (nSPS) is 15.9. The highest BCUT2D eigenvalue weighted by molar-refractivity contribution is 7.13. The van der Waals surface area contributed by atoms with Crippen LogP contribution in [-0.4, -0.2) is 46.2 Å². The minimum Gasteiger partial charge on any atom is -0.336 e. The van der Waals surface area contributed by atoms with E-state index in [9.17, 15) is 9.59 Å². The van der Waals surface area contributed by atoms with Crippen LogP contribution in [0.5, 0.6) is 0 Å². The maximum absolute atomic E-state index is 12.4. The van der Waals surface area contributed by atoms with Gasteiger partial charge in [-0.1, -0.05) is 36.0 Å². The number of rotatable bonds is 5. The number of nitrogens with one attached hydrogen (secondary N) is 2. The summed E-state index contributed by atoms with van der Waals surface area (Å²) in [6, 6.07) is 7.83. The van der Waals surface area contributed by atoms with Crippen LogP contribution >= 0.6 is 11.3 Å². The average Bonchev–Trinajstić information content (AvgIpc) is 3.20. The van der Waals surface area contributed by atoms with Crippen molar-refractivity contribution >= 4 is 29.0 Å². The first-order valence-corrected chi connectivity index (χ1v) is 10.5. The van der Waals surface area contributed by atoms with Gasteiger partial charge in [0.25, 0.3) is 5.91 Å². The van der Waals surface area contributed by atoms with Crippen LogP contribution in [0.4, 0.5) is 10.5 Å². The predicted molar refractivity (Wildman–Crippen MR) is 111 cm³/mol. The Balaban J connectivity index is 1.54. The van der Waals surface area contributed by atoms with Crippen molar-refractivity contribution in [3.05, 3.63) is 39.8 Å². The zero-order valence-electron chi connectivity index (χ0n) is 16.6. The second-order valence-corrected chi connectivity index (χ2v) is 8.29. The maximum atomic E-state index is 12.4. The molecule has 0 spiro atoms. The minimum atomic E-state index is -0.238. The number of anilines is 1. The summed E-state index contributed by atoms with van der Waals surface area (Å²) in [5.74, 6) is 0.00374. The lowest BCUT2D eigenvalue weighted by atomic mass is 9.98. The van der Waals surface area contributed by atoms with Crippen LogP contribution in [0.2, 0.25) is 0 Å². The Bertz CT molecular complexity index is 812. The van der Waals surface area contributed by atoms with E-state index in [0.717, 1.165) is 35.5 Å². The van der Waals surface area contributed by atoms with Gasteiger partial charge >= 0.3 is 6.03 Å². The van der Waals surface area contributed by atoms with Crippen molar-refractivity contribution in [3.63, 3.8) is 0 Å². The Hall–Kier alpha value is -2.48. The van der Waals surface area contributed by atoms with Crippen molar-refractivity contribution in [1.82, 2.24) is 20.4 Å². The molecule has 1 saturated heterocycles. The number of aromatic nitrogens is 2. The molecule has 1 aromatic carbocycles. The van der Waals surface area contributed by atoms with Gasteiger partial charge in [-0.2, -0.15) is 0 Å². The van der Waals surface area contributed by atoms with Gasteiger partial charge in [-0.05, 0) is 45.2 Å². The summed E-state index contributed by atoms with van der Waals surface area (Å²) >= 11 is 1.34. The van der Waals surface area contributed by atoms with Crippen LogP contribution in [0.3, 0.4) is 0 Å². The molecule has 1 aliphatic heterocycles. The third-order valence-corrected chi connectivity index (χ3v) is 6.14. The molecule has 0 radical (unpaired) electrons. The monoisotopic (exact) mass is 401 g/mol. The molecule has 7 nitrogen and oxygen atoms in total. The quantitative estimate of drug-likeness (QED) is 0.798. The summed E-state index contributed by atoms with van der Waals surface area (Å²) in [6.45, 7) is 7.45. The van der Waals surface area contributed by atoms with Gasteiger partial charge in [0.05, 0.1) is 0 Å². The Kier molecular flexibility index (Phi) is 6.61. The molecule has 1 fully saturated rings. The number of aryl methyl sites for hydroxylation is 1. The van der Waals surface area contributed by atoms with Crippen LogP contribution in [0.1, 0.15) is 59.4 Å². The van der Waals surface area contributed by atoms with Crippen molar-refractivity contribution in [1.29, 1.82) is 0 Å². The fourth-order valence-corrected chi connectivity index (χ4v) is 3.95. The number of carbonyl (C=O) groups is 2. The standard InChI is InChI=1S/C20H27N5O2S/c1-4-14(3)21-20(27)25-11-9-15(10-12-25)18-23-24-19(28-18)17(26)22-16-7-5-13(2)6-8-16/h5-8,14-15H,4,9-12H2,1-3H3,(H,21,27)(H,22,26)/t14-/m0/s1. The Labute approximate surface area is 169 Å². The minimum absolute atomic E-state index is 0.00299. The van der Waals surface area contributed by atoms with Crippen molar-refractivity contribution in [3.8, 4) is 0 Å². The Morgan fingerprint density at radius 1 is 1.21 bits per heavy atom. The number of benzene rings is 1. The molecule has 28 heavy (non-hydrogen) atoms. The molecule has 1 aromatic heterocycles. The highest BCUT2D eigenvalue weighted by Gasteiger charge is 2.27. The third kappa shape index (κ3) is 5.07. The number of carbonyl (C=O) groups excluding carboxylic acids is 2. The largest absolute Gasteiger partial charge is 0.336 e. The van der Waals surface area contributed by atoms with Crippen molar-refractivity contribution < 1.29 is 9.59 Å². The molecular formula is C20H27N5O2S. The first-order valence-electron chi connectivity index (χ1n) is 9.73. The second kappa shape index (κ2) is 9.14. The van der Waals surface area contributed by atoms with Crippen molar-refractivity contribution in [2.45, 2.75) is 52.0 Å². The van der Waals surface area contributed by atoms with E-state index in [-0.39, 0.29) is 23.9 Å². The predicted octanol–water partition coefficient (Wildman–Crippen LogP) is 3.79. The summed E-state index contributed by atoms with van der Waals surface area (Å²) in [5.41, 5.74) is 1.88. The van der Waals surface area contributed by atoms with Crippen LogP contribution in [0, 0.1) is 6.92 Å². The van der Waals surface area contributed by atoms with Crippen LogP contribution in [0.15, 0.2) is 24.3 Å². The molecule has 8 heteroatoms. The van der Waals surface area contributed by atoms with E-state index in [1.807, 2.05) is 43.0 Å². The molecule has 150 valence electrons. The van der Waals surface area contributed by atoms with Gasteiger partial charge in [0.1, 0.15) is 5.01 Å². The number of likely N-dealkylation sites (tertiary alicyclic amines) is 1. The van der Waals surface area contributed by atoms with Gasteiger partial charge in [-0.3, -0.25) is 4.79 Å². The maximum Gasteiger partial charge on any atom is 0.317 e. The van der Waals surface area contributed by atoms with E-state index < -0.39 is 0 Å². The van der Waals surface area contributed by atoms with Crippen LogP contribution in [-0.2, 0) is 0 Å². The molecule has 0 bridgehead atoms. The van der Waals surface area contributed by atoms with Gasteiger partial charge in [-0.25, -0.2) is 4.79 Å². The van der Waals surface area contributed by atoms with E-state index in [4.69, 9.17) is 0 Å². The molecule has 2 aromatic rings. The fraction of sp³-hybridized carbons (Fsp3) is 0.500. The first-order chi connectivity index (χ1) is 13.5.